The number of hydrogen-bond donors (Lipinski definition) is 1. The fourth-order valence-electron chi connectivity index (χ4n) is 3.57. The van der Waals surface area contributed by atoms with Crippen LogP contribution in [0, 0.1) is 0 Å². The lowest BCUT2D eigenvalue weighted by molar-refractivity contribution is -0.109. The van der Waals surface area contributed by atoms with Gasteiger partial charge >= 0.3 is 6.03 Å². The molecule has 1 N–H and O–H groups in total. The summed E-state index contributed by atoms with van der Waals surface area (Å²) in [6.45, 7) is 5.59. The van der Waals surface area contributed by atoms with E-state index in [1.165, 1.54) is 17.3 Å². The van der Waals surface area contributed by atoms with Crippen molar-refractivity contribution in [2.75, 3.05) is 38.5 Å². The van der Waals surface area contributed by atoms with Crippen molar-refractivity contribution in [1.29, 1.82) is 0 Å². The lowest BCUT2D eigenvalue weighted by atomic mass is 10.1. The van der Waals surface area contributed by atoms with Crippen LogP contribution in [0.5, 0.6) is 0 Å². The summed E-state index contributed by atoms with van der Waals surface area (Å²) in [5.74, 6) is 0.584. The summed E-state index contributed by atoms with van der Waals surface area (Å²) in [5.41, 5.74) is 2.36. The zero-order valence-electron chi connectivity index (χ0n) is 18.1. The van der Waals surface area contributed by atoms with Crippen LogP contribution in [-0.2, 0) is 11.2 Å². The highest BCUT2D eigenvalue weighted by Gasteiger charge is 2.23. The minimum Gasteiger partial charge on any atom is -0.334 e. The van der Waals surface area contributed by atoms with Crippen LogP contribution in [0.15, 0.2) is 66.7 Å². The highest BCUT2D eigenvalue weighted by Crippen LogP contribution is 2.11. The van der Waals surface area contributed by atoms with Gasteiger partial charge < -0.3 is 10.2 Å². The molecule has 1 aliphatic heterocycles. The second kappa shape index (κ2) is 12.3. The molecule has 0 radical (unpaired) electrons. The largest absolute Gasteiger partial charge is 0.334 e. The molecule has 1 heterocycles. The maximum absolute atomic E-state index is 12.8. The van der Waals surface area contributed by atoms with E-state index in [0.717, 1.165) is 31.6 Å². The first-order chi connectivity index (χ1) is 15.1. The fraction of sp³-hybridized carbons (Fsp3) is 0.360. The molecule has 2 aromatic rings. The summed E-state index contributed by atoms with van der Waals surface area (Å²) in [4.78, 5) is 28.5. The number of nitrogens with one attached hydrogen (secondary N) is 1. The standard InChI is InChI=1S/C25H31N3O2S/c1-21(29)31-20-24(19-23-11-6-3-7-12-23)26-25(30)28-17-15-27(16-18-28)14-8-13-22-9-4-2-5-10-22/h2-13,24H,14-20H2,1H3,(H,26,30). The Labute approximate surface area is 189 Å². The van der Waals surface area contributed by atoms with Crippen LogP contribution in [0.1, 0.15) is 18.1 Å². The van der Waals surface area contributed by atoms with E-state index in [9.17, 15) is 9.59 Å². The molecule has 0 aromatic heterocycles. The monoisotopic (exact) mass is 437 g/mol. The average molecular weight is 438 g/mol. The molecule has 1 saturated heterocycles. The van der Waals surface area contributed by atoms with Crippen LogP contribution in [0.25, 0.3) is 6.08 Å². The molecule has 1 unspecified atom stereocenters. The van der Waals surface area contributed by atoms with E-state index in [2.05, 4.69) is 46.6 Å². The normalized spacial score (nSPS) is 15.7. The van der Waals surface area contributed by atoms with Crippen LogP contribution >= 0.6 is 11.8 Å². The van der Waals surface area contributed by atoms with Gasteiger partial charge in [0.15, 0.2) is 5.12 Å². The molecule has 2 amide bonds. The number of hydrogen-bond acceptors (Lipinski definition) is 4. The Balaban J connectivity index is 1.46. The Bertz CT molecular complexity index is 850. The first-order valence-electron chi connectivity index (χ1n) is 10.8. The Hall–Kier alpha value is -2.57. The third-order valence-corrected chi connectivity index (χ3v) is 6.25. The van der Waals surface area contributed by atoms with Gasteiger partial charge in [0.2, 0.25) is 0 Å². The van der Waals surface area contributed by atoms with Gasteiger partial charge in [-0.05, 0) is 17.5 Å². The number of thioether (sulfide) groups is 1. The molecule has 0 aliphatic carbocycles. The van der Waals surface area contributed by atoms with Gasteiger partial charge in [-0.3, -0.25) is 9.69 Å². The second-order valence-electron chi connectivity index (χ2n) is 7.74. The molecule has 0 saturated carbocycles. The minimum atomic E-state index is -0.0735. The van der Waals surface area contributed by atoms with E-state index in [-0.39, 0.29) is 17.2 Å². The Morgan fingerprint density at radius 2 is 1.65 bits per heavy atom. The van der Waals surface area contributed by atoms with Gasteiger partial charge in [0.25, 0.3) is 0 Å². The van der Waals surface area contributed by atoms with Gasteiger partial charge in [0.05, 0.1) is 0 Å². The first-order valence-corrected chi connectivity index (χ1v) is 11.8. The van der Waals surface area contributed by atoms with Crippen molar-refractivity contribution in [3.63, 3.8) is 0 Å². The number of carbonyl (C=O) groups excluding carboxylic acids is 2. The van der Waals surface area contributed by atoms with Gasteiger partial charge in [0.1, 0.15) is 0 Å². The summed E-state index contributed by atoms with van der Waals surface area (Å²) in [7, 11) is 0. The Morgan fingerprint density at radius 3 is 2.29 bits per heavy atom. The van der Waals surface area contributed by atoms with E-state index < -0.39 is 0 Å². The van der Waals surface area contributed by atoms with Crippen molar-refractivity contribution < 1.29 is 9.59 Å². The lowest BCUT2D eigenvalue weighted by Gasteiger charge is -2.35. The van der Waals surface area contributed by atoms with Crippen LogP contribution in [0.4, 0.5) is 4.79 Å². The smallest absolute Gasteiger partial charge is 0.317 e. The van der Waals surface area contributed by atoms with Gasteiger partial charge in [0, 0.05) is 51.4 Å². The van der Waals surface area contributed by atoms with Crippen molar-refractivity contribution in [1.82, 2.24) is 15.1 Å². The molecule has 0 spiro atoms. The van der Waals surface area contributed by atoms with Crippen molar-refractivity contribution in [3.05, 3.63) is 77.9 Å². The fourth-order valence-corrected chi connectivity index (χ4v) is 4.21. The molecule has 6 heteroatoms. The summed E-state index contributed by atoms with van der Waals surface area (Å²) in [6, 6.07) is 20.3. The van der Waals surface area contributed by atoms with Gasteiger partial charge in [-0.15, -0.1) is 0 Å². The predicted molar refractivity (Wildman–Crippen MR) is 129 cm³/mol. The van der Waals surface area contributed by atoms with Crippen molar-refractivity contribution in [2.45, 2.75) is 19.4 Å². The van der Waals surface area contributed by atoms with Gasteiger partial charge in [-0.25, -0.2) is 4.79 Å². The Morgan fingerprint density at radius 1 is 1.00 bits per heavy atom. The third-order valence-electron chi connectivity index (χ3n) is 5.27. The summed E-state index contributed by atoms with van der Waals surface area (Å²) in [5, 5.41) is 3.23. The zero-order chi connectivity index (χ0) is 21.9. The molecule has 0 bridgehead atoms. The molecule has 31 heavy (non-hydrogen) atoms. The van der Waals surface area contributed by atoms with Gasteiger partial charge in [-0.1, -0.05) is 84.6 Å². The molecule has 1 atom stereocenters. The van der Waals surface area contributed by atoms with E-state index in [0.29, 0.717) is 18.8 Å². The maximum Gasteiger partial charge on any atom is 0.317 e. The van der Waals surface area contributed by atoms with E-state index in [1.54, 1.807) is 6.92 Å². The van der Waals surface area contributed by atoms with Crippen LogP contribution in [-0.4, -0.2) is 65.5 Å². The van der Waals surface area contributed by atoms with Crippen LogP contribution in [0.3, 0.4) is 0 Å². The summed E-state index contributed by atoms with van der Waals surface area (Å²) >= 11 is 1.27. The quantitative estimate of drug-likeness (QED) is 0.680. The van der Waals surface area contributed by atoms with Crippen LogP contribution in [0.2, 0.25) is 0 Å². The molecule has 1 fully saturated rings. The number of benzene rings is 2. The first kappa shape index (κ1) is 23.1. The van der Waals surface area contributed by atoms with Crippen molar-refractivity contribution in [3.8, 4) is 0 Å². The van der Waals surface area contributed by atoms with Gasteiger partial charge in [-0.2, -0.15) is 0 Å². The van der Waals surface area contributed by atoms with E-state index >= 15 is 0 Å². The number of nitrogens with zero attached hydrogens (tertiary/aromatic N) is 2. The predicted octanol–water partition coefficient (Wildman–Crippen LogP) is 3.92. The molecule has 164 valence electrons. The highest BCUT2D eigenvalue weighted by molar-refractivity contribution is 8.13. The number of carbonyl (C=O) groups is 2. The average Bonchev–Trinajstić information content (AvgIpc) is 2.79. The SMILES string of the molecule is CC(=O)SCC(Cc1ccccc1)NC(=O)N1CCN(CC=Cc2ccccc2)CC1. The molecular formula is C25H31N3O2S. The Kier molecular flexibility index (Phi) is 9.18. The molecule has 2 aromatic carbocycles. The minimum absolute atomic E-state index is 0.0374. The number of rotatable bonds is 8. The number of urea groups is 1. The van der Waals surface area contributed by atoms with Crippen LogP contribution < -0.4 is 5.32 Å². The third kappa shape index (κ3) is 8.23. The summed E-state index contributed by atoms with van der Waals surface area (Å²) in [6.07, 6.45) is 5.04. The highest BCUT2D eigenvalue weighted by atomic mass is 32.2. The second-order valence-corrected chi connectivity index (χ2v) is 8.94. The molecule has 3 rings (SSSR count). The lowest BCUT2D eigenvalue weighted by Crippen LogP contribution is -2.54. The van der Waals surface area contributed by atoms with E-state index in [1.807, 2.05) is 41.3 Å². The van der Waals surface area contributed by atoms with Crippen molar-refractivity contribution in [2.24, 2.45) is 0 Å². The molecular weight excluding hydrogens is 406 g/mol. The van der Waals surface area contributed by atoms with E-state index in [4.69, 9.17) is 0 Å². The van der Waals surface area contributed by atoms with Crippen molar-refractivity contribution >= 4 is 29.0 Å². The number of amides is 2. The number of piperazine rings is 1. The topological polar surface area (TPSA) is 52.7 Å². The molecule has 1 aliphatic rings. The zero-order valence-corrected chi connectivity index (χ0v) is 18.9. The maximum atomic E-state index is 12.8. The summed E-state index contributed by atoms with van der Waals surface area (Å²) < 4.78 is 0. The molecule has 5 nitrogen and oxygen atoms in total.